The van der Waals surface area contributed by atoms with Crippen LogP contribution in [0.15, 0.2) is 36.5 Å². The Morgan fingerprint density at radius 1 is 1.10 bits per heavy atom. The Morgan fingerprint density at radius 3 is 2.29 bits per heavy atom. The quantitative estimate of drug-likeness (QED) is 0.460. The van der Waals surface area contributed by atoms with Crippen LogP contribution in [-0.2, 0) is 9.47 Å². The average molecular weight is 294 g/mol. The summed E-state index contributed by atoms with van der Waals surface area (Å²) in [7, 11) is 0. The Bertz CT molecular complexity index is 327. The molecule has 1 aliphatic rings. The second-order valence-electron chi connectivity index (χ2n) is 5.66. The molecule has 0 radical (unpaired) electrons. The standard InChI is InChI=1S/C18H30O3/c1-16(2)15-17(19)11-9-7-5-3-4-6-8-10-12-18-20-13-14-21-18/h5-8,17-19H,1,3-4,9-15H2,2H3/b7-5+,8-6+. The van der Waals surface area contributed by atoms with Crippen molar-refractivity contribution in [3.8, 4) is 0 Å². The first-order valence-corrected chi connectivity index (χ1v) is 8.04. The monoisotopic (exact) mass is 294 g/mol. The van der Waals surface area contributed by atoms with Crippen molar-refractivity contribution in [1.82, 2.24) is 0 Å². The van der Waals surface area contributed by atoms with E-state index in [0.717, 1.165) is 57.3 Å². The summed E-state index contributed by atoms with van der Waals surface area (Å²) in [6, 6.07) is 0. The molecule has 1 aliphatic heterocycles. The zero-order valence-corrected chi connectivity index (χ0v) is 13.3. The number of hydrogen-bond acceptors (Lipinski definition) is 3. The van der Waals surface area contributed by atoms with E-state index in [4.69, 9.17) is 9.47 Å². The van der Waals surface area contributed by atoms with Crippen LogP contribution in [0.25, 0.3) is 0 Å². The highest BCUT2D eigenvalue weighted by molar-refractivity contribution is 4.92. The van der Waals surface area contributed by atoms with Crippen molar-refractivity contribution in [2.75, 3.05) is 13.2 Å². The zero-order chi connectivity index (χ0) is 15.3. The lowest BCUT2D eigenvalue weighted by Crippen LogP contribution is -2.05. The molecule has 0 aromatic rings. The van der Waals surface area contributed by atoms with Crippen LogP contribution >= 0.6 is 0 Å². The summed E-state index contributed by atoms with van der Waals surface area (Å²) in [5.74, 6) is 0. The van der Waals surface area contributed by atoms with E-state index in [0.29, 0.717) is 6.42 Å². The lowest BCUT2D eigenvalue weighted by atomic mass is 10.1. The van der Waals surface area contributed by atoms with Gasteiger partial charge in [0.2, 0.25) is 0 Å². The third kappa shape index (κ3) is 10.5. The summed E-state index contributed by atoms with van der Waals surface area (Å²) in [5.41, 5.74) is 1.05. The van der Waals surface area contributed by atoms with Gasteiger partial charge in [-0.05, 0) is 45.4 Å². The molecule has 0 aromatic carbocycles. The Labute approximate surface area is 129 Å². The molecule has 0 aliphatic carbocycles. The molecular formula is C18H30O3. The number of aliphatic hydroxyl groups excluding tert-OH is 1. The van der Waals surface area contributed by atoms with Gasteiger partial charge < -0.3 is 14.6 Å². The molecule has 1 heterocycles. The van der Waals surface area contributed by atoms with Crippen LogP contribution < -0.4 is 0 Å². The third-order valence-corrected chi connectivity index (χ3v) is 3.34. The number of hydrogen-bond donors (Lipinski definition) is 1. The smallest absolute Gasteiger partial charge is 0.158 e. The average Bonchev–Trinajstić information content (AvgIpc) is 2.93. The van der Waals surface area contributed by atoms with Crippen molar-refractivity contribution in [1.29, 1.82) is 0 Å². The Hall–Kier alpha value is -0.900. The van der Waals surface area contributed by atoms with E-state index >= 15 is 0 Å². The normalized spacial score (nSPS) is 18.0. The fourth-order valence-corrected chi connectivity index (χ4v) is 2.26. The van der Waals surface area contributed by atoms with Gasteiger partial charge in [0.15, 0.2) is 6.29 Å². The van der Waals surface area contributed by atoms with E-state index in [1.54, 1.807) is 0 Å². The number of rotatable bonds is 11. The summed E-state index contributed by atoms with van der Waals surface area (Å²) in [4.78, 5) is 0. The first-order valence-electron chi connectivity index (χ1n) is 8.04. The molecule has 21 heavy (non-hydrogen) atoms. The van der Waals surface area contributed by atoms with E-state index in [1.807, 2.05) is 6.92 Å². The maximum atomic E-state index is 9.68. The Balaban J connectivity index is 1.90. The largest absolute Gasteiger partial charge is 0.393 e. The summed E-state index contributed by atoms with van der Waals surface area (Å²) >= 11 is 0. The van der Waals surface area contributed by atoms with Crippen LogP contribution in [0, 0.1) is 0 Å². The van der Waals surface area contributed by atoms with Crippen molar-refractivity contribution in [3.05, 3.63) is 36.5 Å². The number of aliphatic hydroxyl groups is 1. The lowest BCUT2D eigenvalue weighted by Gasteiger charge is -2.07. The molecule has 1 fully saturated rings. The molecule has 1 rings (SSSR count). The van der Waals surface area contributed by atoms with Crippen LogP contribution in [0.5, 0.6) is 0 Å². The van der Waals surface area contributed by atoms with Crippen molar-refractivity contribution >= 4 is 0 Å². The molecule has 1 saturated heterocycles. The van der Waals surface area contributed by atoms with Crippen molar-refractivity contribution in [2.24, 2.45) is 0 Å². The van der Waals surface area contributed by atoms with E-state index < -0.39 is 0 Å². The summed E-state index contributed by atoms with van der Waals surface area (Å²) < 4.78 is 10.8. The molecule has 1 unspecified atom stereocenters. The topological polar surface area (TPSA) is 38.7 Å². The molecule has 0 spiro atoms. The second-order valence-corrected chi connectivity index (χ2v) is 5.66. The fraction of sp³-hybridized carbons (Fsp3) is 0.667. The van der Waals surface area contributed by atoms with Crippen LogP contribution in [-0.4, -0.2) is 30.7 Å². The molecule has 1 N–H and O–H groups in total. The summed E-state index contributed by atoms with van der Waals surface area (Å²) in [6.07, 6.45) is 15.1. The molecule has 0 bridgehead atoms. The molecule has 1 atom stereocenters. The number of unbranched alkanes of at least 4 members (excludes halogenated alkanes) is 1. The van der Waals surface area contributed by atoms with E-state index in [1.165, 1.54) is 0 Å². The van der Waals surface area contributed by atoms with Gasteiger partial charge in [-0.2, -0.15) is 0 Å². The first-order chi connectivity index (χ1) is 10.2. The van der Waals surface area contributed by atoms with Gasteiger partial charge >= 0.3 is 0 Å². The van der Waals surface area contributed by atoms with Crippen LogP contribution in [0.1, 0.15) is 51.9 Å². The highest BCUT2D eigenvalue weighted by atomic mass is 16.7. The Morgan fingerprint density at radius 2 is 1.67 bits per heavy atom. The van der Waals surface area contributed by atoms with Gasteiger partial charge in [0.05, 0.1) is 19.3 Å². The molecule has 3 heteroatoms. The molecule has 0 aromatic heterocycles. The van der Waals surface area contributed by atoms with Crippen molar-refractivity contribution in [2.45, 2.75) is 64.3 Å². The highest BCUT2D eigenvalue weighted by Crippen LogP contribution is 2.11. The highest BCUT2D eigenvalue weighted by Gasteiger charge is 2.13. The lowest BCUT2D eigenvalue weighted by molar-refractivity contribution is -0.0457. The second kappa shape index (κ2) is 11.7. The minimum atomic E-state index is -0.243. The zero-order valence-electron chi connectivity index (χ0n) is 13.3. The van der Waals surface area contributed by atoms with Crippen LogP contribution in [0.3, 0.4) is 0 Å². The molecule has 0 amide bonds. The SMILES string of the molecule is C=C(C)CC(O)CC/C=C/CC/C=C/CCC1OCCO1. The fourth-order valence-electron chi connectivity index (χ4n) is 2.26. The van der Waals surface area contributed by atoms with Crippen molar-refractivity contribution in [3.63, 3.8) is 0 Å². The van der Waals surface area contributed by atoms with E-state index in [2.05, 4.69) is 30.9 Å². The van der Waals surface area contributed by atoms with E-state index in [-0.39, 0.29) is 12.4 Å². The number of allylic oxidation sites excluding steroid dienone is 4. The summed E-state index contributed by atoms with van der Waals surface area (Å²) in [5, 5.41) is 9.68. The third-order valence-electron chi connectivity index (χ3n) is 3.34. The molecule has 120 valence electrons. The maximum absolute atomic E-state index is 9.68. The van der Waals surface area contributed by atoms with Gasteiger partial charge in [0, 0.05) is 6.42 Å². The Kier molecular flexibility index (Phi) is 10.1. The predicted molar refractivity (Wildman–Crippen MR) is 87.1 cm³/mol. The van der Waals surface area contributed by atoms with Gasteiger partial charge in [-0.3, -0.25) is 0 Å². The minimum absolute atomic E-state index is 0.0141. The van der Waals surface area contributed by atoms with Crippen molar-refractivity contribution < 1.29 is 14.6 Å². The van der Waals surface area contributed by atoms with Crippen LogP contribution in [0.2, 0.25) is 0 Å². The molecule has 3 nitrogen and oxygen atoms in total. The van der Waals surface area contributed by atoms with Gasteiger partial charge in [0.25, 0.3) is 0 Å². The predicted octanol–water partition coefficient (Wildman–Crippen LogP) is 4.14. The number of ether oxygens (including phenoxy) is 2. The minimum Gasteiger partial charge on any atom is -0.393 e. The van der Waals surface area contributed by atoms with E-state index in [9.17, 15) is 5.11 Å². The first kappa shape index (κ1) is 18.1. The summed E-state index contributed by atoms with van der Waals surface area (Å²) in [6.45, 7) is 7.24. The van der Waals surface area contributed by atoms with Gasteiger partial charge in [-0.25, -0.2) is 0 Å². The van der Waals surface area contributed by atoms with Gasteiger partial charge in [-0.1, -0.05) is 29.9 Å². The van der Waals surface area contributed by atoms with Gasteiger partial charge in [0.1, 0.15) is 0 Å². The van der Waals surface area contributed by atoms with Crippen LogP contribution in [0.4, 0.5) is 0 Å². The maximum Gasteiger partial charge on any atom is 0.158 e. The molecule has 0 saturated carbocycles. The van der Waals surface area contributed by atoms with Gasteiger partial charge in [-0.15, -0.1) is 6.58 Å². The molecular weight excluding hydrogens is 264 g/mol.